The molecule has 3 rings (SSSR count). The van der Waals surface area contributed by atoms with Crippen LogP contribution in [0.1, 0.15) is 82.6 Å². The van der Waals surface area contributed by atoms with Crippen LogP contribution >= 0.6 is 0 Å². The number of rotatable bonds is 8. The van der Waals surface area contributed by atoms with Gasteiger partial charge in [0.15, 0.2) is 0 Å². The second-order valence-electron chi connectivity index (χ2n) is 8.83. The monoisotopic (exact) mass is 368 g/mol. The molecular weight excluding hydrogens is 336 g/mol. The highest BCUT2D eigenvalue weighted by molar-refractivity contribution is 5.42. The molecule has 146 valence electrons. The average Bonchev–Trinajstić information content (AvgIpc) is 3.43. The lowest BCUT2D eigenvalue weighted by Crippen LogP contribution is -2.27. The summed E-state index contributed by atoms with van der Waals surface area (Å²) in [5.74, 6) is 1.51. The van der Waals surface area contributed by atoms with Gasteiger partial charge < -0.3 is 9.52 Å². The van der Waals surface area contributed by atoms with Crippen molar-refractivity contribution in [2.24, 2.45) is 11.8 Å². The SMILES string of the molecule is CCCC(C)(CC(C)C)c1cc(O)c(C(c2ccccc2)C2CC2)c(=O)o1. The Hall–Kier alpha value is -2.03. The standard InChI is InChI=1S/C24H32O3/c1-5-13-24(4,15-16(2)3)20-14-19(25)22(23(26)27-20)21(18-11-12-18)17-9-7-6-8-10-17/h6-10,14,16,18,21,25H,5,11-13,15H2,1-4H3. The van der Waals surface area contributed by atoms with Crippen LogP contribution in [0, 0.1) is 11.8 Å². The second-order valence-corrected chi connectivity index (χ2v) is 8.83. The molecule has 0 aliphatic heterocycles. The summed E-state index contributed by atoms with van der Waals surface area (Å²) in [6, 6.07) is 11.7. The van der Waals surface area contributed by atoms with E-state index < -0.39 is 0 Å². The van der Waals surface area contributed by atoms with Gasteiger partial charge >= 0.3 is 5.63 Å². The maximum absolute atomic E-state index is 13.0. The van der Waals surface area contributed by atoms with Crippen molar-refractivity contribution < 1.29 is 9.52 Å². The Bertz CT molecular complexity index is 817. The van der Waals surface area contributed by atoms with Crippen molar-refractivity contribution in [1.29, 1.82) is 0 Å². The number of aromatic hydroxyl groups is 1. The zero-order valence-corrected chi connectivity index (χ0v) is 17.0. The molecule has 0 bridgehead atoms. The van der Waals surface area contributed by atoms with Crippen LogP contribution < -0.4 is 5.63 Å². The molecule has 1 aliphatic carbocycles. The van der Waals surface area contributed by atoms with Crippen LogP contribution in [-0.2, 0) is 5.41 Å². The second kappa shape index (κ2) is 7.92. The number of benzene rings is 1. The van der Waals surface area contributed by atoms with Gasteiger partial charge in [0.1, 0.15) is 11.5 Å². The third-order valence-corrected chi connectivity index (χ3v) is 5.78. The average molecular weight is 369 g/mol. The Balaban J connectivity index is 2.05. The molecule has 3 nitrogen and oxygen atoms in total. The highest BCUT2D eigenvalue weighted by Gasteiger charge is 2.38. The van der Waals surface area contributed by atoms with Crippen LogP contribution in [0.25, 0.3) is 0 Å². The van der Waals surface area contributed by atoms with Gasteiger partial charge in [-0.1, -0.05) is 64.4 Å². The minimum Gasteiger partial charge on any atom is -0.507 e. The molecule has 2 atom stereocenters. The van der Waals surface area contributed by atoms with Crippen LogP contribution in [0.2, 0.25) is 0 Å². The summed E-state index contributed by atoms with van der Waals surface area (Å²) in [6.07, 6.45) is 5.03. The first-order valence-corrected chi connectivity index (χ1v) is 10.3. The summed E-state index contributed by atoms with van der Waals surface area (Å²) in [5.41, 5.74) is 0.890. The van der Waals surface area contributed by atoms with Crippen molar-refractivity contribution >= 4 is 0 Å². The maximum atomic E-state index is 13.0. The lowest BCUT2D eigenvalue weighted by atomic mass is 9.76. The van der Waals surface area contributed by atoms with Gasteiger partial charge in [-0.2, -0.15) is 0 Å². The van der Waals surface area contributed by atoms with Crippen molar-refractivity contribution in [1.82, 2.24) is 0 Å². The summed E-state index contributed by atoms with van der Waals surface area (Å²) in [6.45, 7) is 8.64. The Labute approximate surface area is 162 Å². The molecule has 1 N–H and O–H groups in total. The van der Waals surface area contributed by atoms with Crippen molar-refractivity contribution in [2.45, 2.75) is 71.1 Å². The Morgan fingerprint density at radius 3 is 2.41 bits per heavy atom. The summed E-state index contributed by atoms with van der Waals surface area (Å²) in [7, 11) is 0. The zero-order chi connectivity index (χ0) is 19.6. The van der Waals surface area contributed by atoms with Gasteiger partial charge in [-0.3, -0.25) is 0 Å². The minimum atomic E-state index is -0.378. The molecular formula is C24H32O3. The van der Waals surface area contributed by atoms with Gasteiger partial charge in [-0.15, -0.1) is 0 Å². The number of hydrogen-bond donors (Lipinski definition) is 1. The van der Waals surface area contributed by atoms with Crippen LogP contribution in [0.4, 0.5) is 0 Å². The van der Waals surface area contributed by atoms with Crippen LogP contribution in [0.3, 0.4) is 0 Å². The third kappa shape index (κ3) is 4.28. The fourth-order valence-electron chi connectivity index (χ4n) is 4.62. The normalized spacial score (nSPS) is 17.7. The number of hydrogen-bond acceptors (Lipinski definition) is 3. The van der Waals surface area contributed by atoms with E-state index in [0.29, 0.717) is 23.2 Å². The van der Waals surface area contributed by atoms with Crippen LogP contribution in [-0.4, -0.2) is 5.11 Å². The first kappa shape index (κ1) is 19.7. The fraction of sp³-hybridized carbons (Fsp3) is 0.542. The Morgan fingerprint density at radius 2 is 1.89 bits per heavy atom. The predicted octanol–water partition coefficient (Wildman–Crippen LogP) is 5.99. The van der Waals surface area contributed by atoms with Gasteiger partial charge in [0.2, 0.25) is 0 Å². The molecule has 1 aliphatic rings. The quantitative estimate of drug-likeness (QED) is 0.622. The van der Waals surface area contributed by atoms with Crippen LogP contribution in [0.15, 0.2) is 45.6 Å². The molecule has 0 radical (unpaired) electrons. The molecule has 0 saturated heterocycles. The van der Waals surface area contributed by atoms with E-state index in [0.717, 1.165) is 37.7 Å². The van der Waals surface area contributed by atoms with E-state index in [4.69, 9.17) is 4.42 Å². The van der Waals surface area contributed by atoms with Crippen LogP contribution in [0.5, 0.6) is 5.75 Å². The van der Waals surface area contributed by atoms with E-state index in [-0.39, 0.29) is 22.7 Å². The Morgan fingerprint density at radius 1 is 1.22 bits per heavy atom. The minimum absolute atomic E-state index is 0.0842. The summed E-state index contributed by atoms with van der Waals surface area (Å²) >= 11 is 0. The molecule has 1 saturated carbocycles. The molecule has 1 aromatic heterocycles. The zero-order valence-electron chi connectivity index (χ0n) is 17.0. The third-order valence-electron chi connectivity index (χ3n) is 5.78. The first-order chi connectivity index (χ1) is 12.9. The van der Waals surface area contributed by atoms with E-state index in [1.807, 2.05) is 30.3 Å². The molecule has 1 fully saturated rings. The summed E-state index contributed by atoms with van der Waals surface area (Å²) in [5, 5.41) is 10.9. The maximum Gasteiger partial charge on any atom is 0.343 e. The van der Waals surface area contributed by atoms with Gasteiger partial charge in [0.05, 0.1) is 5.56 Å². The van der Waals surface area contributed by atoms with E-state index in [2.05, 4.69) is 27.7 Å². The lowest BCUT2D eigenvalue weighted by Gasteiger charge is -2.30. The first-order valence-electron chi connectivity index (χ1n) is 10.3. The van der Waals surface area contributed by atoms with E-state index in [9.17, 15) is 9.90 Å². The summed E-state index contributed by atoms with van der Waals surface area (Å²) in [4.78, 5) is 13.0. The molecule has 0 amide bonds. The molecule has 0 spiro atoms. The largest absolute Gasteiger partial charge is 0.507 e. The summed E-state index contributed by atoms with van der Waals surface area (Å²) < 4.78 is 5.87. The molecule has 2 unspecified atom stereocenters. The van der Waals surface area contributed by atoms with E-state index in [1.165, 1.54) is 0 Å². The van der Waals surface area contributed by atoms with Crippen molar-refractivity contribution in [3.05, 3.63) is 63.7 Å². The van der Waals surface area contributed by atoms with E-state index in [1.54, 1.807) is 6.07 Å². The highest BCUT2D eigenvalue weighted by atomic mass is 16.4. The fourth-order valence-corrected chi connectivity index (χ4v) is 4.62. The molecule has 1 aromatic carbocycles. The van der Waals surface area contributed by atoms with Crippen molar-refractivity contribution in [2.75, 3.05) is 0 Å². The molecule has 27 heavy (non-hydrogen) atoms. The van der Waals surface area contributed by atoms with Gasteiger partial charge in [0.25, 0.3) is 0 Å². The van der Waals surface area contributed by atoms with Gasteiger partial charge in [-0.25, -0.2) is 4.79 Å². The topological polar surface area (TPSA) is 50.4 Å². The van der Waals surface area contributed by atoms with Gasteiger partial charge in [-0.05, 0) is 43.1 Å². The molecule has 3 heteroatoms. The molecule has 2 aromatic rings. The van der Waals surface area contributed by atoms with Crippen molar-refractivity contribution in [3.8, 4) is 5.75 Å². The Kier molecular flexibility index (Phi) is 5.78. The smallest absolute Gasteiger partial charge is 0.343 e. The van der Waals surface area contributed by atoms with E-state index >= 15 is 0 Å². The molecule has 1 heterocycles. The highest BCUT2D eigenvalue weighted by Crippen LogP contribution is 2.48. The lowest BCUT2D eigenvalue weighted by molar-refractivity contribution is 0.264. The predicted molar refractivity (Wildman–Crippen MR) is 109 cm³/mol. The van der Waals surface area contributed by atoms with Gasteiger partial charge in [0, 0.05) is 17.4 Å². The van der Waals surface area contributed by atoms with Crippen molar-refractivity contribution in [3.63, 3.8) is 0 Å².